The van der Waals surface area contributed by atoms with Gasteiger partial charge in [-0.15, -0.1) is 0 Å². The summed E-state index contributed by atoms with van der Waals surface area (Å²) in [6.07, 6.45) is 1.54. The monoisotopic (exact) mass is 250 g/mol. The summed E-state index contributed by atoms with van der Waals surface area (Å²) in [6, 6.07) is 3.24. The van der Waals surface area contributed by atoms with E-state index < -0.39 is 0 Å². The van der Waals surface area contributed by atoms with Gasteiger partial charge in [-0.1, -0.05) is 0 Å². The van der Waals surface area contributed by atoms with Crippen LogP contribution in [0.3, 0.4) is 0 Å². The first-order valence-electron chi connectivity index (χ1n) is 5.75. The Morgan fingerprint density at radius 2 is 2.22 bits per heavy atom. The van der Waals surface area contributed by atoms with Gasteiger partial charge in [0.25, 0.3) is 5.91 Å². The quantitative estimate of drug-likeness (QED) is 0.754. The third-order valence-corrected chi connectivity index (χ3v) is 2.37. The van der Waals surface area contributed by atoms with Gasteiger partial charge in [0.15, 0.2) is 0 Å². The van der Waals surface area contributed by atoms with Crippen molar-refractivity contribution in [1.82, 2.24) is 15.2 Å². The molecule has 98 valence electrons. The summed E-state index contributed by atoms with van der Waals surface area (Å²) in [4.78, 5) is 28.8. The number of nitrogens with one attached hydrogen (secondary N) is 1. The highest BCUT2D eigenvalue weighted by Gasteiger charge is 2.14. The molecule has 2 amide bonds. The van der Waals surface area contributed by atoms with E-state index in [1.165, 1.54) is 11.1 Å². The molecule has 0 aromatic carbocycles. The molecule has 1 rings (SSSR count). The van der Waals surface area contributed by atoms with E-state index in [0.29, 0.717) is 17.8 Å². The van der Waals surface area contributed by atoms with Gasteiger partial charge >= 0.3 is 0 Å². The first kappa shape index (κ1) is 14.1. The Labute approximate surface area is 106 Å². The van der Waals surface area contributed by atoms with Gasteiger partial charge in [0.2, 0.25) is 5.91 Å². The van der Waals surface area contributed by atoms with Gasteiger partial charge in [-0.25, -0.2) is 0 Å². The summed E-state index contributed by atoms with van der Waals surface area (Å²) in [5, 5.41) is 2.64. The number of amides is 2. The minimum absolute atomic E-state index is 0.0347. The van der Waals surface area contributed by atoms with Crippen LogP contribution in [0, 0.1) is 0 Å². The molecule has 0 aliphatic carbocycles. The highest BCUT2D eigenvalue weighted by Crippen LogP contribution is 2.04. The maximum Gasteiger partial charge on any atom is 0.254 e. The molecule has 0 fully saturated rings. The molecule has 3 N–H and O–H groups in total. The van der Waals surface area contributed by atoms with Crippen molar-refractivity contribution in [2.45, 2.75) is 13.5 Å². The second-order valence-corrected chi connectivity index (χ2v) is 3.85. The molecule has 0 unspecified atom stereocenters. The zero-order valence-electron chi connectivity index (χ0n) is 10.6. The summed E-state index contributed by atoms with van der Waals surface area (Å²) < 4.78 is 0. The Morgan fingerprint density at radius 1 is 1.50 bits per heavy atom. The number of rotatable bonds is 5. The van der Waals surface area contributed by atoms with Crippen molar-refractivity contribution in [3.8, 4) is 0 Å². The topological polar surface area (TPSA) is 88.3 Å². The third-order valence-electron chi connectivity index (χ3n) is 2.37. The van der Waals surface area contributed by atoms with Crippen molar-refractivity contribution >= 4 is 11.8 Å². The molecule has 0 saturated heterocycles. The lowest BCUT2D eigenvalue weighted by Gasteiger charge is -2.16. The lowest BCUT2D eigenvalue weighted by Crippen LogP contribution is -2.38. The van der Waals surface area contributed by atoms with E-state index >= 15 is 0 Å². The van der Waals surface area contributed by atoms with Crippen molar-refractivity contribution < 1.29 is 9.59 Å². The number of nitrogens with zero attached hydrogens (tertiary/aromatic N) is 2. The van der Waals surface area contributed by atoms with E-state index in [-0.39, 0.29) is 24.9 Å². The molecule has 0 atom stereocenters. The Hall–Kier alpha value is -1.95. The summed E-state index contributed by atoms with van der Waals surface area (Å²) in [5.74, 6) is -0.403. The third kappa shape index (κ3) is 3.81. The van der Waals surface area contributed by atoms with Crippen LogP contribution >= 0.6 is 0 Å². The van der Waals surface area contributed by atoms with Crippen molar-refractivity contribution in [3.63, 3.8) is 0 Å². The molecule has 0 saturated carbocycles. The van der Waals surface area contributed by atoms with Crippen LogP contribution in [0.4, 0.5) is 0 Å². The van der Waals surface area contributed by atoms with Gasteiger partial charge in [0, 0.05) is 31.9 Å². The van der Waals surface area contributed by atoms with Gasteiger partial charge in [-0.3, -0.25) is 14.6 Å². The molecule has 0 radical (unpaired) electrons. The molecule has 6 nitrogen and oxygen atoms in total. The van der Waals surface area contributed by atoms with E-state index in [9.17, 15) is 9.59 Å². The summed E-state index contributed by atoms with van der Waals surface area (Å²) in [5.41, 5.74) is 6.59. The molecule has 0 spiro atoms. The minimum atomic E-state index is -0.224. The molecule has 1 aromatic heterocycles. The zero-order chi connectivity index (χ0) is 13.5. The Balaban J connectivity index is 2.70. The lowest BCUT2D eigenvalue weighted by molar-refractivity contribution is -0.121. The number of hydrogen-bond donors (Lipinski definition) is 2. The molecular formula is C12H18N4O2. The first-order valence-corrected chi connectivity index (χ1v) is 5.75. The fourth-order valence-corrected chi connectivity index (χ4v) is 1.48. The van der Waals surface area contributed by atoms with Crippen molar-refractivity contribution in [1.29, 1.82) is 0 Å². The second-order valence-electron chi connectivity index (χ2n) is 3.85. The van der Waals surface area contributed by atoms with Crippen molar-refractivity contribution in [2.75, 3.05) is 20.1 Å². The predicted octanol–water partition coefficient (Wildman–Crippen LogP) is -0.252. The SMILES string of the molecule is CCNC(=O)CN(C)C(=O)c1ccnc(CN)c1. The maximum atomic E-state index is 12.0. The molecule has 0 aliphatic rings. The molecule has 0 aliphatic heterocycles. The maximum absolute atomic E-state index is 12.0. The number of likely N-dealkylation sites (N-methyl/N-ethyl adjacent to an activating group) is 2. The average molecular weight is 250 g/mol. The van der Waals surface area contributed by atoms with E-state index in [1.807, 2.05) is 6.92 Å². The van der Waals surface area contributed by atoms with Crippen LogP contribution in [0.25, 0.3) is 0 Å². The summed E-state index contributed by atoms with van der Waals surface area (Å²) in [6.45, 7) is 2.69. The van der Waals surface area contributed by atoms with E-state index in [1.54, 1.807) is 19.2 Å². The summed E-state index contributed by atoms with van der Waals surface area (Å²) in [7, 11) is 1.58. The first-order chi connectivity index (χ1) is 8.58. The number of aromatic nitrogens is 1. The Morgan fingerprint density at radius 3 is 2.83 bits per heavy atom. The van der Waals surface area contributed by atoms with Gasteiger partial charge in [-0.2, -0.15) is 0 Å². The van der Waals surface area contributed by atoms with E-state index in [2.05, 4.69) is 10.3 Å². The van der Waals surface area contributed by atoms with Crippen molar-refractivity contribution in [3.05, 3.63) is 29.6 Å². The van der Waals surface area contributed by atoms with Crippen LogP contribution in [-0.2, 0) is 11.3 Å². The largest absolute Gasteiger partial charge is 0.355 e. The van der Waals surface area contributed by atoms with Crippen LogP contribution in [0.1, 0.15) is 23.0 Å². The van der Waals surface area contributed by atoms with E-state index in [0.717, 1.165) is 0 Å². The lowest BCUT2D eigenvalue weighted by atomic mass is 10.2. The van der Waals surface area contributed by atoms with Crippen LogP contribution in [0.15, 0.2) is 18.3 Å². The fraction of sp³-hybridized carbons (Fsp3) is 0.417. The Bertz CT molecular complexity index is 434. The predicted molar refractivity (Wildman–Crippen MR) is 67.8 cm³/mol. The molecule has 18 heavy (non-hydrogen) atoms. The zero-order valence-corrected chi connectivity index (χ0v) is 10.6. The summed E-state index contributed by atoms with van der Waals surface area (Å²) >= 11 is 0. The average Bonchev–Trinajstić information content (AvgIpc) is 2.38. The molecule has 1 aromatic rings. The Kier molecular flexibility index (Phi) is 5.26. The fourth-order valence-electron chi connectivity index (χ4n) is 1.48. The number of pyridine rings is 1. The number of nitrogens with two attached hydrogens (primary N) is 1. The molecule has 1 heterocycles. The van der Waals surface area contributed by atoms with Gasteiger partial charge in [0.05, 0.1) is 12.2 Å². The van der Waals surface area contributed by atoms with Crippen LogP contribution in [0.2, 0.25) is 0 Å². The van der Waals surface area contributed by atoms with Crippen LogP contribution in [-0.4, -0.2) is 41.8 Å². The van der Waals surface area contributed by atoms with Crippen molar-refractivity contribution in [2.24, 2.45) is 5.73 Å². The second kappa shape index (κ2) is 6.70. The van der Waals surface area contributed by atoms with Crippen LogP contribution < -0.4 is 11.1 Å². The minimum Gasteiger partial charge on any atom is -0.355 e. The van der Waals surface area contributed by atoms with E-state index in [4.69, 9.17) is 5.73 Å². The highest BCUT2D eigenvalue weighted by molar-refractivity contribution is 5.96. The number of hydrogen-bond acceptors (Lipinski definition) is 4. The smallest absolute Gasteiger partial charge is 0.254 e. The normalized spacial score (nSPS) is 9.94. The van der Waals surface area contributed by atoms with Gasteiger partial charge < -0.3 is 16.0 Å². The standard InChI is InChI=1S/C12H18N4O2/c1-3-14-11(17)8-16(2)12(18)9-4-5-15-10(6-9)7-13/h4-6H,3,7-8,13H2,1-2H3,(H,14,17). The molecular weight excluding hydrogens is 232 g/mol. The molecule has 0 bridgehead atoms. The van der Waals surface area contributed by atoms with Crippen LogP contribution in [0.5, 0.6) is 0 Å². The van der Waals surface area contributed by atoms with Gasteiger partial charge in [-0.05, 0) is 19.1 Å². The number of carbonyl (C=O) groups excluding carboxylic acids is 2. The number of carbonyl (C=O) groups is 2. The van der Waals surface area contributed by atoms with Gasteiger partial charge in [0.1, 0.15) is 0 Å². The molecule has 6 heteroatoms. The highest BCUT2D eigenvalue weighted by atomic mass is 16.2.